The quantitative estimate of drug-likeness (QED) is 0.197. The van der Waals surface area contributed by atoms with Gasteiger partial charge in [-0.05, 0) is 0 Å². The van der Waals surface area contributed by atoms with Crippen LogP contribution in [-0.2, 0) is 0 Å². The smallest absolute Gasteiger partial charge is 0.234 e. The highest BCUT2D eigenvalue weighted by molar-refractivity contribution is 5.77. The van der Waals surface area contributed by atoms with Crippen LogP contribution in [0.15, 0.2) is 10.4 Å². The number of rotatable bonds is 3. The van der Waals surface area contributed by atoms with E-state index in [4.69, 9.17) is 0 Å². The topological polar surface area (TPSA) is 143 Å². The molecule has 0 spiro atoms. The summed E-state index contributed by atoms with van der Waals surface area (Å²) in [5, 5.41) is 22.3. The molecular formula is C2H4N6O5. The number of nitro groups is 2. The molecule has 0 bridgehead atoms. The summed E-state index contributed by atoms with van der Waals surface area (Å²) in [4.78, 5) is 29.4. The molecule has 1 N–H and O–H groups in total. The molecule has 0 amide bonds. The van der Waals surface area contributed by atoms with E-state index in [1.54, 1.807) is 0 Å². The number of hydrazine groups is 1. The fraction of sp³-hybridized carbons (Fsp3) is 0.500. The maximum absolute atomic E-state index is 9.83. The Kier molecular flexibility index (Phi) is 3.72. The first-order chi connectivity index (χ1) is 5.97. The van der Waals surface area contributed by atoms with Crippen LogP contribution in [0.2, 0.25) is 0 Å². The lowest BCUT2D eigenvalue weighted by Gasteiger charge is -2.03. The van der Waals surface area contributed by atoms with Gasteiger partial charge in [0.2, 0.25) is 0 Å². The Morgan fingerprint density at radius 2 is 2.00 bits per heavy atom. The second-order valence-corrected chi connectivity index (χ2v) is 1.64. The normalized spacial score (nSPS) is 10.4. The molecule has 0 rings (SSSR count). The molecule has 0 radical (unpaired) electrons. The number of nitroso groups, excluding NO2 is 1. The molecule has 0 unspecified atom stereocenters. The zero-order valence-corrected chi connectivity index (χ0v) is 6.28. The minimum absolute atomic E-state index is 0.311. The summed E-state index contributed by atoms with van der Waals surface area (Å²) < 4.78 is 0. The van der Waals surface area contributed by atoms with E-state index in [0.29, 0.717) is 5.01 Å². The monoisotopic (exact) mass is 192 g/mol. The third kappa shape index (κ3) is 4.18. The van der Waals surface area contributed by atoms with Crippen molar-refractivity contribution in [2.24, 2.45) is 10.4 Å². The van der Waals surface area contributed by atoms with Crippen LogP contribution in [0.25, 0.3) is 0 Å². The summed E-state index contributed by atoms with van der Waals surface area (Å²) >= 11 is 0. The summed E-state index contributed by atoms with van der Waals surface area (Å²) in [5.41, 5.74) is 1.32. The summed E-state index contributed by atoms with van der Waals surface area (Å²) in [7, 11) is 0.964. The molecule has 0 saturated heterocycles. The highest BCUT2D eigenvalue weighted by Crippen LogP contribution is 1.86. The average Bonchev–Trinajstić information content (AvgIpc) is 2.00. The maximum Gasteiger partial charge on any atom is 0.353 e. The molecule has 13 heavy (non-hydrogen) atoms. The number of hydrazone groups is 1. The van der Waals surface area contributed by atoms with Crippen LogP contribution in [0, 0.1) is 25.1 Å². The van der Waals surface area contributed by atoms with Crippen LogP contribution in [0.5, 0.6) is 0 Å². The predicted molar refractivity (Wildman–Crippen MR) is 38.1 cm³/mol. The molecule has 11 heteroatoms. The Morgan fingerprint density at radius 1 is 1.46 bits per heavy atom. The first-order valence-electron chi connectivity index (χ1n) is 2.68. The van der Waals surface area contributed by atoms with Gasteiger partial charge in [0.25, 0.3) is 0 Å². The average molecular weight is 192 g/mol. The zero-order chi connectivity index (χ0) is 10.4. The summed E-state index contributed by atoms with van der Waals surface area (Å²) in [6, 6.07) is 0. The van der Waals surface area contributed by atoms with Crippen LogP contribution in [0.1, 0.15) is 0 Å². The number of nitrogens with zero attached hydrogens (tertiary/aromatic N) is 5. The summed E-state index contributed by atoms with van der Waals surface area (Å²) in [5.74, 6) is -0.884. The highest BCUT2D eigenvalue weighted by atomic mass is 16.7. The summed E-state index contributed by atoms with van der Waals surface area (Å²) in [6.45, 7) is 0. The molecular weight excluding hydrogens is 188 g/mol. The van der Waals surface area contributed by atoms with E-state index in [9.17, 15) is 25.1 Å². The van der Waals surface area contributed by atoms with E-state index in [0.717, 1.165) is 7.05 Å². The van der Waals surface area contributed by atoms with Crippen LogP contribution in [0.4, 0.5) is 0 Å². The van der Waals surface area contributed by atoms with E-state index in [1.807, 2.05) is 0 Å². The van der Waals surface area contributed by atoms with Crippen molar-refractivity contribution in [2.75, 3.05) is 7.05 Å². The first kappa shape index (κ1) is 10.7. The van der Waals surface area contributed by atoms with Gasteiger partial charge in [-0.25, -0.2) is 20.2 Å². The second-order valence-electron chi connectivity index (χ2n) is 1.64. The van der Waals surface area contributed by atoms with Crippen molar-refractivity contribution >= 4 is 5.96 Å². The highest BCUT2D eigenvalue weighted by Gasteiger charge is 2.16. The zero-order valence-electron chi connectivity index (χ0n) is 6.28. The summed E-state index contributed by atoms with van der Waals surface area (Å²) in [6.07, 6.45) is 0. The minimum Gasteiger partial charge on any atom is -0.234 e. The molecule has 0 fully saturated rings. The van der Waals surface area contributed by atoms with Crippen molar-refractivity contribution in [1.29, 1.82) is 0 Å². The number of nitrogens with one attached hydrogen (secondary N) is 1. The van der Waals surface area contributed by atoms with Gasteiger partial charge in [-0.2, -0.15) is 5.01 Å². The van der Waals surface area contributed by atoms with Crippen molar-refractivity contribution in [3.05, 3.63) is 25.1 Å². The van der Waals surface area contributed by atoms with E-state index >= 15 is 0 Å². The molecule has 72 valence electrons. The van der Waals surface area contributed by atoms with Gasteiger partial charge in [0.1, 0.15) is 5.10 Å². The first-order valence-corrected chi connectivity index (χ1v) is 2.68. The minimum atomic E-state index is -1.20. The van der Waals surface area contributed by atoms with Gasteiger partial charge in [-0.3, -0.25) is 0 Å². The largest absolute Gasteiger partial charge is 0.353 e. The molecule has 0 aromatic heterocycles. The number of hydrogen-bond donors (Lipinski definition) is 1. The molecule has 0 saturated carbocycles. The van der Waals surface area contributed by atoms with Gasteiger partial charge in [0, 0.05) is 7.05 Å². The second kappa shape index (κ2) is 4.53. The van der Waals surface area contributed by atoms with Crippen LogP contribution in [-0.4, -0.2) is 28.1 Å². The van der Waals surface area contributed by atoms with Crippen molar-refractivity contribution in [2.45, 2.75) is 0 Å². The van der Waals surface area contributed by atoms with Gasteiger partial charge in [0.15, 0.2) is 10.1 Å². The van der Waals surface area contributed by atoms with E-state index < -0.39 is 16.0 Å². The third-order valence-electron chi connectivity index (χ3n) is 0.797. The SMILES string of the molecule is CN(N=O)C(=N[N+](=O)[O-])N[N+](=O)[O-]. The Hall–Kier alpha value is -2.33. The fourth-order valence-corrected chi connectivity index (χ4v) is 0.357. The van der Waals surface area contributed by atoms with Crippen molar-refractivity contribution in [1.82, 2.24) is 10.4 Å². The lowest BCUT2D eigenvalue weighted by Crippen LogP contribution is -2.39. The molecule has 0 aromatic carbocycles. The van der Waals surface area contributed by atoms with Gasteiger partial charge < -0.3 is 0 Å². The maximum atomic E-state index is 9.83. The molecule has 0 aliphatic carbocycles. The van der Waals surface area contributed by atoms with E-state index in [-0.39, 0.29) is 0 Å². The standard InChI is InChI=1S/C2H4N6O5/c1-6(5-9)2(3-7(10)11)4-8(12)13/h1H3,(H,3,4). The van der Waals surface area contributed by atoms with Crippen LogP contribution in [0.3, 0.4) is 0 Å². The molecule has 0 aliphatic heterocycles. The van der Waals surface area contributed by atoms with Crippen LogP contribution >= 0.6 is 0 Å². The predicted octanol–water partition coefficient (Wildman–Crippen LogP) is -1.07. The number of hydrogen-bond acceptors (Lipinski definition) is 6. The Morgan fingerprint density at radius 3 is 2.31 bits per heavy atom. The van der Waals surface area contributed by atoms with Gasteiger partial charge in [0.05, 0.1) is 5.29 Å². The molecule has 0 atom stereocenters. The van der Waals surface area contributed by atoms with Gasteiger partial charge >= 0.3 is 5.96 Å². The fourth-order valence-electron chi connectivity index (χ4n) is 0.357. The van der Waals surface area contributed by atoms with Gasteiger partial charge in [-0.1, -0.05) is 5.43 Å². The van der Waals surface area contributed by atoms with Crippen LogP contribution < -0.4 is 5.43 Å². The third-order valence-corrected chi connectivity index (χ3v) is 0.797. The Labute approximate surface area is 70.2 Å². The molecule has 0 aromatic rings. The number of guanidine groups is 1. The Balaban J connectivity index is 4.63. The lowest BCUT2D eigenvalue weighted by molar-refractivity contribution is -0.532. The van der Waals surface area contributed by atoms with E-state index in [2.05, 4.69) is 10.4 Å². The molecule has 11 nitrogen and oxygen atoms in total. The van der Waals surface area contributed by atoms with E-state index in [1.165, 1.54) is 5.43 Å². The lowest BCUT2D eigenvalue weighted by atomic mass is 10.9. The molecule has 0 aliphatic rings. The van der Waals surface area contributed by atoms with Gasteiger partial charge in [-0.15, -0.1) is 4.91 Å². The Bertz CT molecular complexity index is 260. The van der Waals surface area contributed by atoms with Crippen molar-refractivity contribution in [3.63, 3.8) is 0 Å². The molecule has 0 heterocycles. The van der Waals surface area contributed by atoms with Crippen molar-refractivity contribution in [3.8, 4) is 0 Å². The van der Waals surface area contributed by atoms with Crippen molar-refractivity contribution < 1.29 is 10.1 Å².